The molecule has 3 nitrogen and oxygen atoms in total. The van der Waals surface area contributed by atoms with E-state index in [1.807, 2.05) is 12.1 Å². The molecular weight excluding hydrogens is 369 g/mol. The van der Waals surface area contributed by atoms with Gasteiger partial charge in [-0.05, 0) is 29.8 Å². The summed E-state index contributed by atoms with van der Waals surface area (Å²) in [6.45, 7) is 5.23. The van der Waals surface area contributed by atoms with Crippen LogP contribution in [0.3, 0.4) is 0 Å². The summed E-state index contributed by atoms with van der Waals surface area (Å²) in [5, 5.41) is 4.77. The van der Waals surface area contributed by atoms with Gasteiger partial charge in [0, 0.05) is 28.7 Å². The first kappa shape index (κ1) is 18.9. The molecule has 0 atom stereocenters. The molecule has 0 aliphatic heterocycles. The lowest BCUT2D eigenvalue weighted by molar-refractivity contribution is 0.284. The standard InChI is InChI=1S/C18H18Cl3NO2/c1-3-7-22-10-12-8-16(21)18(17(9-12)23-2)24-11-13-14(19)5-4-6-15(13)20/h3-6,8-9,22H,1,7,10-11H2,2H3. The quantitative estimate of drug-likeness (QED) is 0.479. The molecule has 2 rings (SSSR count). The van der Waals surface area contributed by atoms with Gasteiger partial charge in [0.25, 0.3) is 0 Å². The molecule has 0 aliphatic rings. The number of hydrogen-bond donors (Lipinski definition) is 1. The average molecular weight is 387 g/mol. The van der Waals surface area contributed by atoms with Crippen LogP contribution in [0.5, 0.6) is 11.5 Å². The van der Waals surface area contributed by atoms with E-state index in [0.717, 1.165) is 5.56 Å². The lowest BCUT2D eigenvalue weighted by Crippen LogP contribution is -2.12. The molecule has 2 aromatic carbocycles. The van der Waals surface area contributed by atoms with Crippen molar-refractivity contribution in [2.24, 2.45) is 0 Å². The molecule has 0 radical (unpaired) electrons. The largest absolute Gasteiger partial charge is 0.493 e. The van der Waals surface area contributed by atoms with Gasteiger partial charge in [0.1, 0.15) is 6.61 Å². The van der Waals surface area contributed by atoms with E-state index in [9.17, 15) is 0 Å². The van der Waals surface area contributed by atoms with Crippen molar-refractivity contribution in [3.05, 3.63) is 69.2 Å². The lowest BCUT2D eigenvalue weighted by Gasteiger charge is -2.15. The van der Waals surface area contributed by atoms with Crippen molar-refractivity contribution >= 4 is 34.8 Å². The van der Waals surface area contributed by atoms with E-state index in [4.69, 9.17) is 44.3 Å². The van der Waals surface area contributed by atoms with Crippen LogP contribution in [-0.2, 0) is 13.2 Å². The minimum Gasteiger partial charge on any atom is -0.493 e. The molecule has 0 fully saturated rings. The van der Waals surface area contributed by atoms with Crippen LogP contribution >= 0.6 is 34.8 Å². The van der Waals surface area contributed by atoms with Crippen molar-refractivity contribution in [2.45, 2.75) is 13.2 Å². The van der Waals surface area contributed by atoms with Gasteiger partial charge in [0.2, 0.25) is 0 Å². The number of halogens is 3. The van der Waals surface area contributed by atoms with Gasteiger partial charge >= 0.3 is 0 Å². The van der Waals surface area contributed by atoms with Crippen LogP contribution < -0.4 is 14.8 Å². The van der Waals surface area contributed by atoms with Crippen LogP contribution in [0.4, 0.5) is 0 Å². The minimum atomic E-state index is 0.197. The smallest absolute Gasteiger partial charge is 0.180 e. The SMILES string of the molecule is C=CCNCc1cc(Cl)c(OCc2c(Cl)cccc2Cl)c(OC)c1. The van der Waals surface area contributed by atoms with Crippen molar-refractivity contribution in [3.63, 3.8) is 0 Å². The predicted octanol–water partition coefficient (Wildman–Crippen LogP) is 5.51. The Morgan fingerprint density at radius 1 is 1.12 bits per heavy atom. The number of hydrogen-bond acceptors (Lipinski definition) is 3. The summed E-state index contributed by atoms with van der Waals surface area (Å²) in [5.74, 6) is 1.02. The molecule has 24 heavy (non-hydrogen) atoms. The molecule has 1 N–H and O–H groups in total. The molecule has 128 valence electrons. The second-order valence-electron chi connectivity index (χ2n) is 5.02. The maximum atomic E-state index is 6.35. The minimum absolute atomic E-state index is 0.197. The fraction of sp³-hybridized carbons (Fsp3) is 0.222. The van der Waals surface area contributed by atoms with E-state index in [1.165, 1.54) is 0 Å². The number of methoxy groups -OCH3 is 1. The van der Waals surface area contributed by atoms with Crippen LogP contribution in [0, 0.1) is 0 Å². The molecule has 0 saturated carbocycles. The Balaban J connectivity index is 2.19. The molecule has 0 unspecified atom stereocenters. The Hall–Kier alpha value is -1.39. The summed E-state index contributed by atoms with van der Waals surface area (Å²) in [5.41, 5.74) is 1.69. The lowest BCUT2D eigenvalue weighted by atomic mass is 10.2. The van der Waals surface area contributed by atoms with Crippen molar-refractivity contribution in [3.8, 4) is 11.5 Å². The molecule has 6 heteroatoms. The van der Waals surface area contributed by atoms with Crippen LogP contribution in [0.1, 0.15) is 11.1 Å². The second kappa shape index (κ2) is 9.19. The highest BCUT2D eigenvalue weighted by atomic mass is 35.5. The van der Waals surface area contributed by atoms with Gasteiger partial charge in [-0.3, -0.25) is 0 Å². The Labute approximate surface area is 157 Å². The summed E-state index contributed by atoms with van der Waals surface area (Å²) >= 11 is 18.7. The van der Waals surface area contributed by atoms with Crippen molar-refractivity contribution in [1.29, 1.82) is 0 Å². The molecule has 0 aliphatic carbocycles. The Kier molecular flexibility index (Phi) is 7.25. The molecule has 0 bridgehead atoms. The summed E-state index contributed by atoms with van der Waals surface area (Å²) in [6, 6.07) is 9.03. The van der Waals surface area contributed by atoms with Crippen molar-refractivity contribution in [1.82, 2.24) is 5.32 Å². The van der Waals surface area contributed by atoms with E-state index in [1.54, 1.807) is 31.4 Å². The zero-order chi connectivity index (χ0) is 17.5. The van der Waals surface area contributed by atoms with Gasteiger partial charge in [-0.2, -0.15) is 0 Å². The van der Waals surface area contributed by atoms with E-state index < -0.39 is 0 Å². The second-order valence-corrected chi connectivity index (χ2v) is 6.24. The predicted molar refractivity (Wildman–Crippen MR) is 101 cm³/mol. The Bertz CT molecular complexity index is 699. The molecule has 0 spiro atoms. The van der Waals surface area contributed by atoms with Gasteiger partial charge in [0.05, 0.1) is 12.1 Å². The van der Waals surface area contributed by atoms with Gasteiger partial charge in [-0.1, -0.05) is 46.9 Å². The topological polar surface area (TPSA) is 30.5 Å². The average Bonchev–Trinajstić information content (AvgIpc) is 2.55. The maximum absolute atomic E-state index is 6.35. The molecule has 0 amide bonds. The van der Waals surface area contributed by atoms with E-state index in [2.05, 4.69) is 11.9 Å². The number of rotatable bonds is 8. The highest BCUT2D eigenvalue weighted by Crippen LogP contribution is 2.37. The van der Waals surface area contributed by atoms with E-state index in [0.29, 0.717) is 45.2 Å². The molecular formula is C18H18Cl3NO2. The molecule has 0 heterocycles. The molecule has 2 aromatic rings. The maximum Gasteiger partial charge on any atom is 0.180 e. The number of nitrogens with one attached hydrogen (secondary N) is 1. The summed E-state index contributed by atoms with van der Waals surface area (Å²) in [6.07, 6.45) is 1.80. The van der Waals surface area contributed by atoms with Gasteiger partial charge in [0.15, 0.2) is 11.5 Å². The Morgan fingerprint density at radius 2 is 1.83 bits per heavy atom. The normalized spacial score (nSPS) is 10.5. The molecule has 0 saturated heterocycles. The van der Waals surface area contributed by atoms with E-state index in [-0.39, 0.29) is 6.61 Å². The fourth-order valence-electron chi connectivity index (χ4n) is 2.15. The molecule has 0 aromatic heterocycles. The monoisotopic (exact) mass is 385 g/mol. The van der Waals surface area contributed by atoms with Crippen LogP contribution in [0.2, 0.25) is 15.1 Å². The first-order chi connectivity index (χ1) is 11.6. The zero-order valence-corrected chi connectivity index (χ0v) is 15.5. The highest BCUT2D eigenvalue weighted by Gasteiger charge is 2.14. The van der Waals surface area contributed by atoms with Gasteiger partial charge < -0.3 is 14.8 Å². The van der Waals surface area contributed by atoms with Crippen molar-refractivity contribution in [2.75, 3.05) is 13.7 Å². The van der Waals surface area contributed by atoms with Crippen LogP contribution in [0.15, 0.2) is 43.0 Å². The third-order valence-electron chi connectivity index (χ3n) is 3.33. The third kappa shape index (κ3) is 4.81. The van der Waals surface area contributed by atoms with Crippen LogP contribution in [0.25, 0.3) is 0 Å². The number of benzene rings is 2. The first-order valence-corrected chi connectivity index (χ1v) is 8.44. The Morgan fingerprint density at radius 3 is 2.46 bits per heavy atom. The van der Waals surface area contributed by atoms with Gasteiger partial charge in [-0.15, -0.1) is 6.58 Å². The summed E-state index contributed by atoms with van der Waals surface area (Å²) in [4.78, 5) is 0. The first-order valence-electron chi connectivity index (χ1n) is 7.30. The van der Waals surface area contributed by atoms with E-state index >= 15 is 0 Å². The van der Waals surface area contributed by atoms with Crippen LogP contribution in [-0.4, -0.2) is 13.7 Å². The summed E-state index contributed by atoms with van der Waals surface area (Å²) in [7, 11) is 1.57. The fourth-order valence-corrected chi connectivity index (χ4v) is 2.94. The van der Waals surface area contributed by atoms with Gasteiger partial charge in [-0.25, -0.2) is 0 Å². The third-order valence-corrected chi connectivity index (χ3v) is 4.32. The summed E-state index contributed by atoms with van der Waals surface area (Å²) < 4.78 is 11.2. The highest BCUT2D eigenvalue weighted by molar-refractivity contribution is 6.36. The number of ether oxygens (including phenoxy) is 2. The van der Waals surface area contributed by atoms with Crippen molar-refractivity contribution < 1.29 is 9.47 Å². The zero-order valence-electron chi connectivity index (χ0n) is 13.2.